The number of pyridine rings is 1. The van der Waals surface area contributed by atoms with Crippen molar-refractivity contribution in [2.24, 2.45) is 0 Å². The van der Waals surface area contributed by atoms with E-state index in [1.807, 2.05) is 0 Å². The van der Waals surface area contributed by atoms with E-state index in [0.717, 1.165) is 32.2 Å². The van der Waals surface area contributed by atoms with Gasteiger partial charge in [-0.25, -0.2) is 0 Å². The number of aryl methyl sites for hydroxylation is 2. The fraction of sp³-hybridized carbons (Fsp3) is 0.464. The summed E-state index contributed by atoms with van der Waals surface area (Å²) >= 11 is 0. The monoisotopic (exact) mass is 388 g/mol. The predicted octanol–water partition coefficient (Wildman–Crippen LogP) is 7.62. The second-order valence-electron chi connectivity index (χ2n) is 8.65. The molecule has 0 saturated carbocycles. The molecule has 0 atom stereocenters. The average molecular weight is 389 g/mol. The largest absolute Gasteiger partial charge is 0.213 e. The second-order valence-corrected chi connectivity index (χ2v) is 8.65. The zero-order chi connectivity index (χ0) is 20.9. The molecule has 3 aromatic rings. The molecule has 29 heavy (non-hydrogen) atoms. The van der Waals surface area contributed by atoms with Gasteiger partial charge < -0.3 is 0 Å². The summed E-state index contributed by atoms with van der Waals surface area (Å²) in [4.78, 5) is 0. The van der Waals surface area contributed by atoms with E-state index in [-0.39, 0.29) is 5.41 Å². The Morgan fingerprint density at radius 2 is 1.59 bits per heavy atom. The van der Waals surface area contributed by atoms with Gasteiger partial charge in [0.25, 0.3) is 0 Å². The molecule has 1 aromatic heterocycles. The molecule has 1 heterocycles. The van der Waals surface area contributed by atoms with Crippen molar-refractivity contribution < 1.29 is 4.57 Å². The predicted molar refractivity (Wildman–Crippen MR) is 126 cm³/mol. The molecule has 0 radical (unpaired) electrons. The van der Waals surface area contributed by atoms with Gasteiger partial charge in [0.2, 0.25) is 5.69 Å². The minimum absolute atomic E-state index is 0.183. The number of nitrogens with zero attached hydrogens (tertiary/aromatic N) is 1. The van der Waals surface area contributed by atoms with Crippen molar-refractivity contribution in [2.45, 2.75) is 85.1 Å². The number of aromatic nitrogens is 1. The van der Waals surface area contributed by atoms with Crippen molar-refractivity contribution in [1.29, 1.82) is 0 Å². The van der Waals surface area contributed by atoms with E-state index in [9.17, 15) is 0 Å². The summed E-state index contributed by atoms with van der Waals surface area (Å²) in [7, 11) is 0. The summed E-state index contributed by atoms with van der Waals surface area (Å²) in [6.45, 7) is 12.7. The lowest BCUT2D eigenvalue weighted by Gasteiger charge is -2.30. The smallest absolute Gasteiger partial charge is 0.198 e. The van der Waals surface area contributed by atoms with Crippen LogP contribution in [0.5, 0.6) is 0 Å². The Kier molecular flexibility index (Phi) is 7.11. The van der Waals surface area contributed by atoms with Crippen molar-refractivity contribution in [3.63, 3.8) is 0 Å². The molecule has 0 fully saturated rings. The van der Waals surface area contributed by atoms with Crippen LogP contribution in [0.2, 0.25) is 0 Å². The van der Waals surface area contributed by atoms with Gasteiger partial charge in [0.1, 0.15) is 6.54 Å². The molecule has 0 saturated heterocycles. The Morgan fingerprint density at radius 3 is 2.28 bits per heavy atom. The summed E-state index contributed by atoms with van der Waals surface area (Å²) < 4.78 is 2.45. The molecule has 154 valence electrons. The Morgan fingerprint density at radius 1 is 0.793 bits per heavy atom. The van der Waals surface area contributed by atoms with Crippen LogP contribution in [-0.4, -0.2) is 0 Å². The Hall–Kier alpha value is -2.15. The van der Waals surface area contributed by atoms with Crippen LogP contribution < -0.4 is 4.57 Å². The fourth-order valence-electron chi connectivity index (χ4n) is 4.56. The minimum Gasteiger partial charge on any atom is -0.198 e. The van der Waals surface area contributed by atoms with Crippen molar-refractivity contribution in [1.82, 2.24) is 0 Å². The first-order valence-corrected chi connectivity index (χ1v) is 11.6. The third kappa shape index (κ3) is 4.25. The highest BCUT2D eigenvalue weighted by Crippen LogP contribution is 2.41. The first-order chi connectivity index (χ1) is 14.1. The zero-order valence-corrected chi connectivity index (χ0v) is 19.1. The number of hydrogen-bond acceptors (Lipinski definition) is 0. The van der Waals surface area contributed by atoms with Gasteiger partial charge in [-0.3, -0.25) is 0 Å². The molecule has 0 aliphatic carbocycles. The van der Waals surface area contributed by atoms with Gasteiger partial charge in [-0.05, 0) is 59.1 Å². The van der Waals surface area contributed by atoms with Gasteiger partial charge in [0.15, 0.2) is 6.20 Å². The van der Waals surface area contributed by atoms with E-state index in [2.05, 4.69) is 93.9 Å². The lowest BCUT2D eigenvalue weighted by molar-refractivity contribution is -0.686. The highest BCUT2D eigenvalue weighted by molar-refractivity contribution is 5.99. The van der Waals surface area contributed by atoms with Gasteiger partial charge >= 0.3 is 0 Å². The van der Waals surface area contributed by atoms with Crippen LogP contribution >= 0.6 is 0 Å². The third-order valence-electron chi connectivity index (χ3n) is 6.82. The summed E-state index contributed by atoms with van der Waals surface area (Å²) in [5.41, 5.74) is 5.98. The van der Waals surface area contributed by atoms with Crippen molar-refractivity contribution in [2.75, 3.05) is 0 Å². The van der Waals surface area contributed by atoms with E-state index in [1.54, 1.807) is 0 Å². The normalized spacial score (nSPS) is 11.9. The van der Waals surface area contributed by atoms with Crippen LogP contribution in [0.25, 0.3) is 22.0 Å². The van der Waals surface area contributed by atoms with Gasteiger partial charge in [-0.15, -0.1) is 0 Å². The van der Waals surface area contributed by atoms with Gasteiger partial charge in [-0.2, -0.15) is 4.57 Å². The fourth-order valence-corrected chi connectivity index (χ4v) is 4.56. The zero-order valence-electron chi connectivity index (χ0n) is 19.1. The Balaban J connectivity index is 2.37. The maximum Gasteiger partial charge on any atom is 0.213 e. The maximum atomic E-state index is 2.45. The molecule has 1 nitrogen and oxygen atoms in total. The standard InChI is InChI=1S/C28H38N/c1-6-10-14-22-15-13-16-24-23(22)18-19-25(28(5,8-3)9-4)27(24)26-17-11-12-21-29(26)20-7-2/h11-13,15-19,21H,6-10,14,20H2,1-5H3/q+1. The maximum absolute atomic E-state index is 2.45. The van der Waals surface area contributed by atoms with E-state index >= 15 is 0 Å². The third-order valence-corrected chi connectivity index (χ3v) is 6.82. The van der Waals surface area contributed by atoms with Crippen LogP contribution in [0.1, 0.15) is 77.8 Å². The molecule has 0 amide bonds. The number of hydrogen-bond donors (Lipinski definition) is 0. The van der Waals surface area contributed by atoms with Crippen molar-refractivity contribution in [3.05, 3.63) is 65.9 Å². The molecule has 0 aliphatic rings. The topological polar surface area (TPSA) is 3.88 Å². The lowest BCUT2D eigenvalue weighted by atomic mass is 9.74. The quantitative estimate of drug-likeness (QED) is 0.332. The molecular weight excluding hydrogens is 350 g/mol. The SMILES string of the molecule is CCCCc1cccc2c(-c3cccc[n+]3CCC)c(C(C)(CC)CC)ccc12. The number of fused-ring (bicyclic) bond motifs is 1. The number of benzene rings is 2. The highest BCUT2D eigenvalue weighted by atomic mass is 15.0. The first kappa shape index (κ1) is 21.6. The Labute approximate surface area is 177 Å². The lowest BCUT2D eigenvalue weighted by Crippen LogP contribution is -2.36. The summed E-state index contributed by atoms with van der Waals surface area (Å²) in [6, 6.07) is 18.4. The molecule has 0 spiro atoms. The number of unbranched alkanes of at least 4 members (excludes halogenated alkanes) is 1. The van der Waals surface area contributed by atoms with E-state index in [0.29, 0.717) is 0 Å². The minimum atomic E-state index is 0.183. The Bertz CT molecular complexity index is 950. The first-order valence-electron chi connectivity index (χ1n) is 11.6. The van der Waals surface area contributed by atoms with Crippen LogP contribution in [0, 0.1) is 0 Å². The van der Waals surface area contributed by atoms with Gasteiger partial charge in [-0.1, -0.05) is 71.4 Å². The molecule has 1 heteroatoms. The molecule has 3 rings (SSSR count). The van der Waals surface area contributed by atoms with Gasteiger partial charge in [0.05, 0.1) is 5.56 Å². The molecule has 0 aliphatic heterocycles. The average Bonchev–Trinajstić information content (AvgIpc) is 2.77. The molecule has 0 N–H and O–H groups in total. The van der Waals surface area contributed by atoms with Crippen LogP contribution in [0.15, 0.2) is 54.7 Å². The molecule has 0 bridgehead atoms. The number of rotatable bonds is 9. The van der Waals surface area contributed by atoms with E-state index in [1.165, 1.54) is 46.0 Å². The summed E-state index contributed by atoms with van der Waals surface area (Å²) in [6.07, 6.45) is 9.34. The van der Waals surface area contributed by atoms with Crippen molar-refractivity contribution in [3.8, 4) is 11.3 Å². The van der Waals surface area contributed by atoms with E-state index in [4.69, 9.17) is 0 Å². The molecule has 0 unspecified atom stereocenters. The van der Waals surface area contributed by atoms with Crippen LogP contribution in [0.4, 0.5) is 0 Å². The summed E-state index contributed by atoms with van der Waals surface area (Å²) in [5, 5.41) is 2.85. The molecule has 2 aromatic carbocycles. The second kappa shape index (κ2) is 9.57. The van der Waals surface area contributed by atoms with E-state index < -0.39 is 0 Å². The van der Waals surface area contributed by atoms with Crippen LogP contribution in [-0.2, 0) is 18.4 Å². The highest BCUT2D eigenvalue weighted by Gasteiger charge is 2.30. The summed E-state index contributed by atoms with van der Waals surface area (Å²) in [5.74, 6) is 0. The van der Waals surface area contributed by atoms with Crippen LogP contribution in [0.3, 0.4) is 0 Å². The molecular formula is C28H38N+. The van der Waals surface area contributed by atoms with Gasteiger partial charge in [0, 0.05) is 18.6 Å². The van der Waals surface area contributed by atoms with Crippen molar-refractivity contribution >= 4 is 10.8 Å².